The van der Waals surface area contributed by atoms with E-state index >= 15 is 0 Å². The lowest BCUT2D eigenvalue weighted by Crippen LogP contribution is -2.30. The van der Waals surface area contributed by atoms with Gasteiger partial charge in [-0.3, -0.25) is 0 Å². The van der Waals surface area contributed by atoms with Gasteiger partial charge in [0, 0.05) is 13.1 Å². The second kappa shape index (κ2) is 7.24. The molecule has 0 unspecified atom stereocenters. The number of nitrogens with two attached hydrogens (primary N) is 1. The van der Waals surface area contributed by atoms with Crippen molar-refractivity contribution in [3.05, 3.63) is 35.9 Å². The molecule has 4 nitrogen and oxygen atoms in total. The highest BCUT2D eigenvalue weighted by atomic mass is 35.5. The predicted molar refractivity (Wildman–Crippen MR) is 72.6 cm³/mol. The summed E-state index contributed by atoms with van der Waals surface area (Å²) in [6.45, 7) is 2.46. The number of halogens is 1. The summed E-state index contributed by atoms with van der Waals surface area (Å²) in [5.41, 5.74) is 6.59. The topological polar surface area (TPSA) is 55.6 Å². The molecule has 0 radical (unpaired) electrons. The summed E-state index contributed by atoms with van der Waals surface area (Å²) in [6.07, 6.45) is 0.751. The number of hydrogen-bond acceptors (Lipinski definition) is 3. The molecule has 1 fully saturated rings. The molecule has 5 heteroatoms. The zero-order valence-electron chi connectivity index (χ0n) is 10.2. The van der Waals surface area contributed by atoms with E-state index in [2.05, 4.69) is 0 Å². The number of likely N-dealkylation sites (tertiary alicyclic amines) is 1. The number of rotatable bonds is 3. The Bertz CT molecular complexity index is 373. The van der Waals surface area contributed by atoms with Crippen LogP contribution in [0.3, 0.4) is 0 Å². The standard InChI is InChI=1S/C13H18N2O2.ClH/c14-8-12-6-7-15(9-12)13(16)17-10-11-4-2-1-3-5-11;/h1-5,12H,6-10,14H2;1H/t12-;/m0./s1. The van der Waals surface area contributed by atoms with Crippen molar-refractivity contribution in [2.75, 3.05) is 19.6 Å². The van der Waals surface area contributed by atoms with Gasteiger partial charge in [0.05, 0.1) is 0 Å². The third kappa shape index (κ3) is 3.89. The average Bonchev–Trinajstić information content (AvgIpc) is 2.86. The third-order valence-electron chi connectivity index (χ3n) is 3.08. The zero-order valence-corrected chi connectivity index (χ0v) is 11.1. The van der Waals surface area contributed by atoms with Gasteiger partial charge in [0.15, 0.2) is 0 Å². The first-order valence-electron chi connectivity index (χ1n) is 5.95. The second-order valence-corrected chi connectivity index (χ2v) is 4.38. The fraction of sp³-hybridized carbons (Fsp3) is 0.462. The Hall–Kier alpha value is -1.26. The molecular weight excluding hydrogens is 252 g/mol. The van der Waals surface area contributed by atoms with E-state index in [-0.39, 0.29) is 18.5 Å². The van der Waals surface area contributed by atoms with Gasteiger partial charge in [-0.25, -0.2) is 4.79 Å². The van der Waals surface area contributed by atoms with Crippen molar-refractivity contribution in [3.63, 3.8) is 0 Å². The molecule has 2 rings (SSSR count). The normalized spacial score (nSPS) is 18.3. The molecule has 0 aromatic heterocycles. The summed E-state index contributed by atoms with van der Waals surface area (Å²) in [4.78, 5) is 13.5. The highest BCUT2D eigenvalue weighted by molar-refractivity contribution is 5.85. The Morgan fingerprint density at radius 1 is 1.39 bits per heavy atom. The molecule has 1 atom stereocenters. The minimum absolute atomic E-state index is 0. The molecule has 1 aliphatic heterocycles. The van der Waals surface area contributed by atoms with E-state index in [1.165, 1.54) is 0 Å². The molecule has 1 aliphatic rings. The summed E-state index contributed by atoms with van der Waals surface area (Å²) >= 11 is 0. The summed E-state index contributed by atoms with van der Waals surface area (Å²) < 4.78 is 5.25. The Kier molecular flexibility index (Phi) is 5.95. The molecule has 2 N–H and O–H groups in total. The summed E-state index contributed by atoms with van der Waals surface area (Å²) in [5, 5.41) is 0. The number of hydrogen-bond donors (Lipinski definition) is 1. The van der Waals surface area contributed by atoms with Gasteiger partial charge < -0.3 is 15.4 Å². The van der Waals surface area contributed by atoms with Crippen LogP contribution in [0, 0.1) is 5.92 Å². The largest absolute Gasteiger partial charge is 0.445 e. The van der Waals surface area contributed by atoms with Crippen LogP contribution in [0.5, 0.6) is 0 Å². The fourth-order valence-electron chi connectivity index (χ4n) is 2.00. The molecule has 0 bridgehead atoms. The predicted octanol–water partition coefficient (Wildman–Crippen LogP) is 2.03. The molecule has 100 valence electrons. The molecule has 0 aliphatic carbocycles. The van der Waals surface area contributed by atoms with Gasteiger partial charge >= 0.3 is 6.09 Å². The summed E-state index contributed by atoms with van der Waals surface area (Å²) in [5.74, 6) is 0.430. The molecule has 1 saturated heterocycles. The van der Waals surface area contributed by atoms with Crippen LogP contribution in [0.25, 0.3) is 0 Å². The van der Waals surface area contributed by atoms with E-state index in [9.17, 15) is 4.79 Å². The number of benzene rings is 1. The van der Waals surface area contributed by atoms with Gasteiger partial charge in [0.25, 0.3) is 0 Å². The minimum atomic E-state index is -0.232. The highest BCUT2D eigenvalue weighted by Crippen LogP contribution is 2.16. The highest BCUT2D eigenvalue weighted by Gasteiger charge is 2.26. The van der Waals surface area contributed by atoms with Crippen LogP contribution < -0.4 is 5.73 Å². The van der Waals surface area contributed by atoms with Crippen LogP contribution >= 0.6 is 12.4 Å². The average molecular weight is 271 g/mol. The first kappa shape index (κ1) is 14.8. The van der Waals surface area contributed by atoms with Crippen molar-refractivity contribution < 1.29 is 9.53 Å². The first-order valence-corrected chi connectivity index (χ1v) is 5.95. The third-order valence-corrected chi connectivity index (χ3v) is 3.08. The Morgan fingerprint density at radius 2 is 2.11 bits per heavy atom. The Balaban J connectivity index is 0.00000162. The quantitative estimate of drug-likeness (QED) is 0.914. The lowest BCUT2D eigenvalue weighted by Gasteiger charge is -2.16. The van der Waals surface area contributed by atoms with Crippen molar-refractivity contribution in [2.24, 2.45) is 11.7 Å². The summed E-state index contributed by atoms with van der Waals surface area (Å²) in [6, 6.07) is 9.70. The maximum absolute atomic E-state index is 11.7. The SMILES string of the molecule is Cl.NC[C@@H]1CCN(C(=O)OCc2ccccc2)C1. The lowest BCUT2D eigenvalue weighted by atomic mass is 10.1. The van der Waals surface area contributed by atoms with Crippen LogP contribution in [-0.4, -0.2) is 30.6 Å². The molecule has 1 aromatic rings. The minimum Gasteiger partial charge on any atom is -0.445 e. The fourth-order valence-corrected chi connectivity index (χ4v) is 2.00. The van der Waals surface area contributed by atoms with E-state index in [1.807, 2.05) is 30.3 Å². The molecule has 1 aromatic carbocycles. The van der Waals surface area contributed by atoms with Crippen LogP contribution in [0.4, 0.5) is 4.79 Å². The Labute approximate surface area is 114 Å². The molecule has 1 amide bonds. The molecule has 18 heavy (non-hydrogen) atoms. The Morgan fingerprint density at radius 3 is 2.72 bits per heavy atom. The van der Waals surface area contributed by atoms with Crippen LogP contribution in [0.1, 0.15) is 12.0 Å². The number of carbonyl (C=O) groups excluding carboxylic acids is 1. The van der Waals surface area contributed by atoms with Crippen LogP contribution in [-0.2, 0) is 11.3 Å². The van der Waals surface area contributed by atoms with Crippen molar-refractivity contribution in [2.45, 2.75) is 13.0 Å². The summed E-state index contributed by atoms with van der Waals surface area (Å²) in [7, 11) is 0. The number of amides is 1. The number of ether oxygens (including phenoxy) is 1. The van der Waals surface area contributed by atoms with Gasteiger partial charge in [0.1, 0.15) is 6.61 Å². The van der Waals surface area contributed by atoms with E-state index in [0.29, 0.717) is 19.1 Å². The van der Waals surface area contributed by atoms with E-state index in [1.54, 1.807) is 4.90 Å². The molecule has 0 saturated carbocycles. The van der Waals surface area contributed by atoms with Crippen LogP contribution in [0.15, 0.2) is 30.3 Å². The van der Waals surface area contributed by atoms with Gasteiger partial charge in [-0.2, -0.15) is 0 Å². The van der Waals surface area contributed by atoms with E-state index < -0.39 is 0 Å². The lowest BCUT2D eigenvalue weighted by molar-refractivity contribution is 0.103. The van der Waals surface area contributed by atoms with Crippen molar-refractivity contribution in [1.82, 2.24) is 4.90 Å². The van der Waals surface area contributed by atoms with Gasteiger partial charge in [0.2, 0.25) is 0 Å². The number of carbonyl (C=O) groups is 1. The maximum Gasteiger partial charge on any atom is 0.410 e. The zero-order chi connectivity index (χ0) is 12.1. The first-order chi connectivity index (χ1) is 8.29. The van der Waals surface area contributed by atoms with Gasteiger partial charge in [-0.1, -0.05) is 30.3 Å². The monoisotopic (exact) mass is 270 g/mol. The van der Waals surface area contributed by atoms with E-state index in [0.717, 1.165) is 25.1 Å². The molecule has 0 spiro atoms. The molecular formula is C13H19ClN2O2. The van der Waals surface area contributed by atoms with Crippen molar-refractivity contribution in [1.29, 1.82) is 0 Å². The van der Waals surface area contributed by atoms with E-state index in [4.69, 9.17) is 10.5 Å². The van der Waals surface area contributed by atoms with Gasteiger partial charge in [-0.15, -0.1) is 12.4 Å². The van der Waals surface area contributed by atoms with Crippen LogP contribution in [0.2, 0.25) is 0 Å². The smallest absolute Gasteiger partial charge is 0.410 e. The number of nitrogens with zero attached hydrogens (tertiary/aromatic N) is 1. The maximum atomic E-state index is 11.7. The van der Waals surface area contributed by atoms with Crippen molar-refractivity contribution >= 4 is 18.5 Å². The van der Waals surface area contributed by atoms with Gasteiger partial charge in [-0.05, 0) is 24.4 Å². The molecule has 1 heterocycles. The second-order valence-electron chi connectivity index (χ2n) is 4.38. The van der Waals surface area contributed by atoms with Crippen molar-refractivity contribution in [3.8, 4) is 0 Å².